The van der Waals surface area contributed by atoms with Crippen molar-refractivity contribution in [2.24, 2.45) is 0 Å². The molecule has 2 aromatic carbocycles. The number of carbonyl (C=O) groups excluding carboxylic acids is 1. The van der Waals surface area contributed by atoms with Gasteiger partial charge in [0.25, 0.3) is 0 Å². The zero-order valence-electron chi connectivity index (χ0n) is 14.5. The lowest BCUT2D eigenvalue weighted by Gasteiger charge is -2.09. The molecule has 0 aliphatic rings. The van der Waals surface area contributed by atoms with Crippen molar-refractivity contribution in [1.29, 1.82) is 0 Å². The highest BCUT2D eigenvalue weighted by molar-refractivity contribution is 7.98. The average Bonchev–Trinajstić information content (AvgIpc) is 2.97. The van der Waals surface area contributed by atoms with Crippen LogP contribution in [0.2, 0.25) is 0 Å². The Kier molecular flexibility index (Phi) is 5.73. The summed E-state index contributed by atoms with van der Waals surface area (Å²) in [5.74, 6) is 0.715. The van der Waals surface area contributed by atoms with Gasteiger partial charge in [0, 0.05) is 16.2 Å². The number of halogens is 1. The maximum Gasteiger partial charge on any atom is 0.339 e. The van der Waals surface area contributed by atoms with Crippen LogP contribution in [0, 0.1) is 19.7 Å². The van der Waals surface area contributed by atoms with E-state index >= 15 is 0 Å². The Balaban J connectivity index is 1.67. The normalized spacial score (nSPS) is 10.7. The van der Waals surface area contributed by atoms with E-state index < -0.39 is 5.97 Å². The minimum atomic E-state index is -0.406. The minimum Gasteiger partial charge on any atom is -0.457 e. The van der Waals surface area contributed by atoms with Crippen LogP contribution in [-0.4, -0.2) is 11.1 Å². The van der Waals surface area contributed by atoms with E-state index in [-0.39, 0.29) is 12.4 Å². The SMILES string of the molecule is Cc1noc(C)c1CSc1ccccc1C(=O)OCc1ccc(F)cc1. The van der Waals surface area contributed by atoms with Crippen LogP contribution >= 0.6 is 11.8 Å². The lowest BCUT2D eigenvalue weighted by molar-refractivity contribution is 0.0468. The molecule has 0 saturated carbocycles. The van der Waals surface area contributed by atoms with Gasteiger partial charge in [-0.25, -0.2) is 9.18 Å². The largest absolute Gasteiger partial charge is 0.457 e. The van der Waals surface area contributed by atoms with Crippen molar-refractivity contribution < 1.29 is 18.4 Å². The fourth-order valence-corrected chi connectivity index (χ4v) is 3.62. The summed E-state index contributed by atoms with van der Waals surface area (Å²) < 4.78 is 23.5. The molecular formula is C20H18FNO3S. The van der Waals surface area contributed by atoms with Crippen LogP contribution in [0.4, 0.5) is 4.39 Å². The summed E-state index contributed by atoms with van der Waals surface area (Å²) in [5, 5.41) is 3.95. The number of benzene rings is 2. The molecule has 0 spiro atoms. The van der Waals surface area contributed by atoms with Crippen molar-refractivity contribution in [2.45, 2.75) is 31.1 Å². The molecule has 0 bridgehead atoms. The number of thioether (sulfide) groups is 1. The molecule has 1 heterocycles. The Morgan fingerprint density at radius 3 is 2.58 bits per heavy atom. The first-order valence-electron chi connectivity index (χ1n) is 8.09. The molecule has 0 atom stereocenters. The Morgan fingerprint density at radius 2 is 1.88 bits per heavy atom. The van der Waals surface area contributed by atoms with Gasteiger partial charge in [-0.15, -0.1) is 11.8 Å². The van der Waals surface area contributed by atoms with E-state index in [1.165, 1.54) is 23.9 Å². The molecule has 134 valence electrons. The van der Waals surface area contributed by atoms with E-state index in [1.807, 2.05) is 26.0 Å². The number of carbonyl (C=O) groups is 1. The number of esters is 1. The van der Waals surface area contributed by atoms with Gasteiger partial charge in [0.2, 0.25) is 0 Å². The van der Waals surface area contributed by atoms with Crippen LogP contribution in [0.25, 0.3) is 0 Å². The predicted molar refractivity (Wildman–Crippen MR) is 97.5 cm³/mol. The van der Waals surface area contributed by atoms with Gasteiger partial charge in [0.15, 0.2) is 0 Å². The van der Waals surface area contributed by atoms with Gasteiger partial charge in [0.05, 0.1) is 11.3 Å². The molecule has 0 aliphatic carbocycles. The van der Waals surface area contributed by atoms with Gasteiger partial charge in [-0.2, -0.15) is 0 Å². The minimum absolute atomic E-state index is 0.0992. The summed E-state index contributed by atoms with van der Waals surface area (Å²) in [6.45, 7) is 3.87. The second kappa shape index (κ2) is 8.19. The van der Waals surface area contributed by atoms with Crippen LogP contribution in [0.15, 0.2) is 57.9 Å². The monoisotopic (exact) mass is 371 g/mol. The van der Waals surface area contributed by atoms with Crippen LogP contribution < -0.4 is 0 Å². The molecule has 0 saturated heterocycles. The molecule has 0 N–H and O–H groups in total. The zero-order chi connectivity index (χ0) is 18.5. The van der Waals surface area contributed by atoms with Gasteiger partial charge in [-0.3, -0.25) is 0 Å². The van der Waals surface area contributed by atoms with Crippen LogP contribution in [0.1, 0.15) is 32.9 Å². The smallest absolute Gasteiger partial charge is 0.339 e. The summed E-state index contributed by atoms with van der Waals surface area (Å²) in [5.41, 5.74) is 3.13. The van der Waals surface area contributed by atoms with Gasteiger partial charge < -0.3 is 9.26 Å². The van der Waals surface area contributed by atoms with E-state index in [2.05, 4.69) is 5.16 Å². The number of hydrogen-bond acceptors (Lipinski definition) is 5. The highest BCUT2D eigenvalue weighted by atomic mass is 32.2. The van der Waals surface area contributed by atoms with Crippen molar-refractivity contribution in [3.63, 3.8) is 0 Å². The molecule has 3 rings (SSSR count). The van der Waals surface area contributed by atoms with Crippen molar-refractivity contribution >= 4 is 17.7 Å². The third-order valence-corrected chi connectivity index (χ3v) is 5.04. The molecule has 6 heteroatoms. The second-order valence-electron chi connectivity index (χ2n) is 5.79. The van der Waals surface area contributed by atoms with Crippen molar-refractivity contribution in [3.05, 3.63) is 82.5 Å². The van der Waals surface area contributed by atoms with Gasteiger partial charge in [-0.1, -0.05) is 29.4 Å². The summed E-state index contributed by atoms with van der Waals surface area (Å²) in [4.78, 5) is 13.3. The quantitative estimate of drug-likeness (QED) is 0.447. The maximum atomic E-state index is 12.9. The Hall–Kier alpha value is -2.60. The molecule has 0 radical (unpaired) electrons. The fourth-order valence-electron chi connectivity index (χ4n) is 2.43. The maximum absolute atomic E-state index is 12.9. The first kappa shape index (κ1) is 18.2. The molecule has 26 heavy (non-hydrogen) atoms. The van der Waals surface area contributed by atoms with Crippen molar-refractivity contribution in [1.82, 2.24) is 5.16 Å². The number of hydrogen-bond donors (Lipinski definition) is 0. The van der Waals surface area contributed by atoms with Crippen LogP contribution in [-0.2, 0) is 17.1 Å². The van der Waals surface area contributed by atoms with Crippen molar-refractivity contribution in [2.75, 3.05) is 0 Å². The zero-order valence-corrected chi connectivity index (χ0v) is 15.3. The molecular weight excluding hydrogens is 353 g/mol. The van der Waals surface area contributed by atoms with Gasteiger partial charge in [-0.05, 0) is 43.7 Å². The lowest BCUT2D eigenvalue weighted by Crippen LogP contribution is -2.06. The Labute approximate surface area is 155 Å². The summed E-state index contributed by atoms with van der Waals surface area (Å²) in [6, 6.07) is 13.2. The first-order valence-corrected chi connectivity index (χ1v) is 9.08. The van der Waals surface area contributed by atoms with E-state index in [1.54, 1.807) is 24.3 Å². The first-order chi connectivity index (χ1) is 12.5. The topological polar surface area (TPSA) is 52.3 Å². The third kappa shape index (κ3) is 4.32. The highest BCUT2D eigenvalue weighted by Crippen LogP contribution is 2.29. The number of rotatable bonds is 6. The van der Waals surface area contributed by atoms with E-state index in [4.69, 9.17) is 9.26 Å². The fraction of sp³-hybridized carbons (Fsp3) is 0.200. The summed E-state index contributed by atoms with van der Waals surface area (Å²) in [7, 11) is 0. The van der Waals surface area contributed by atoms with Gasteiger partial charge in [0.1, 0.15) is 18.2 Å². The molecule has 3 aromatic rings. The molecule has 1 aromatic heterocycles. The average molecular weight is 371 g/mol. The predicted octanol–water partition coefficient (Wildman–Crippen LogP) is 5.08. The number of aryl methyl sites for hydroxylation is 2. The number of nitrogens with zero attached hydrogens (tertiary/aromatic N) is 1. The molecule has 0 fully saturated rings. The number of aromatic nitrogens is 1. The van der Waals surface area contributed by atoms with E-state index in [0.717, 1.165) is 27.5 Å². The Morgan fingerprint density at radius 1 is 1.15 bits per heavy atom. The molecule has 0 unspecified atom stereocenters. The highest BCUT2D eigenvalue weighted by Gasteiger charge is 2.15. The van der Waals surface area contributed by atoms with Crippen molar-refractivity contribution in [3.8, 4) is 0 Å². The van der Waals surface area contributed by atoms with E-state index in [0.29, 0.717) is 11.3 Å². The molecule has 0 aliphatic heterocycles. The van der Waals surface area contributed by atoms with Gasteiger partial charge >= 0.3 is 5.97 Å². The third-order valence-electron chi connectivity index (χ3n) is 3.94. The molecule has 0 amide bonds. The Bertz CT molecular complexity index is 886. The standard InChI is InChI=1S/C20H18FNO3S/c1-13-18(14(2)25-22-13)12-26-19-6-4-3-5-17(19)20(23)24-11-15-7-9-16(21)10-8-15/h3-10H,11-12H2,1-2H3. The lowest BCUT2D eigenvalue weighted by atomic mass is 10.2. The summed E-state index contributed by atoms with van der Waals surface area (Å²) >= 11 is 1.53. The van der Waals surface area contributed by atoms with Crippen LogP contribution in [0.3, 0.4) is 0 Å². The number of ether oxygens (including phenoxy) is 1. The summed E-state index contributed by atoms with van der Waals surface area (Å²) in [6.07, 6.45) is 0. The van der Waals surface area contributed by atoms with Crippen LogP contribution in [0.5, 0.6) is 0 Å². The second-order valence-corrected chi connectivity index (χ2v) is 6.81. The molecule has 4 nitrogen and oxygen atoms in total. The van der Waals surface area contributed by atoms with E-state index in [9.17, 15) is 9.18 Å².